The summed E-state index contributed by atoms with van der Waals surface area (Å²) in [5.74, 6) is 0. The molecule has 0 amide bonds. The fraction of sp³-hybridized carbons (Fsp3) is 0.214. The van der Waals surface area contributed by atoms with Crippen molar-refractivity contribution in [2.24, 2.45) is 0 Å². The van der Waals surface area contributed by atoms with Gasteiger partial charge in [0, 0.05) is 11.8 Å². The van der Waals surface area contributed by atoms with Crippen LogP contribution in [0.2, 0.25) is 0 Å². The van der Waals surface area contributed by atoms with Crippen LogP contribution in [0.4, 0.5) is 5.69 Å². The molecule has 7 heteroatoms. The first-order valence-corrected chi connectivity index (χ1v) is 8.10. The van der Waals surface area contributed by atoms with Gasteiger partial charge in [0.15, 0.2) is 0 Å². The summed E-state index contributed by atoms with van der Waals surface area (Å²) in [6.45, 7) is 1.92. The number of anilines is 1. The highest BCUT2D eigenvalue weighted by molar-refractivity contribution is 7.60. The number of allylic oxidation sites excluding steroid dienone is 3. The molecule has 0 radical (unpaired) electrons. The summed E-state index contributed by atoms with van der Waals surface area (Å²) in [4.78, 5) is 22.1. The van der Waals surface area contributed by atoms with Crippen LogP contribution in [0.5, 0.6) is 0 Å². The van der Waals surface area contributed by atoms with Gasteiger partial charge in [-0.25, -0.2) is 0 Å². The Morgan fingerprint density at radius 3 is 2.67 bits per heavy atom. The SMILES string of the molecule is CCc1ccc(NC2=CCC(=[N+]=[N-])C=C2)c(P(=O)(O)O)c1. The first-order chi connectivity index (χ1) is 9.94. The Balaban J connectivity index is 2.33. The topological polar surface area (TPSA) is 106 Å². The third kappa shape index (κ3) is 3.78. The minimum Gasteiger partial charge on any atom is -0.361 e. The Hall–Kier alpha value is -1.97. The monoisotopic (exact) mass is 305 g/mol. The molecule has 0 unspecified atom stereocenters. The first-order valence-electron chi connectivity index (χ1n) is 6.49. The average molecular weight is 305 g/mol. The largest absolute Gasteiger partial charge is 0.361 e. The molecule has 0 aromatic heterocycles. The number of nitrogens with zero attached hydrogens (tertiary/aromatic N) is 2. The van der Waals surface area contributed by atoms with Gasteiger partial charge in [-0.2, -0.15) is 4.79 Å². The molecule has 110 valence electrons. The van der Waals surface area contributed by atoms with Crippen molar-refractivity contribution in [1.82, 2.24) is 0 Å². The Morgan fingerprint density at radius 1 is 1.38 bits per heavy atom. The van der Waals surface area contributed by atoms with Gasteiger partial charge in [-0.1, -0.05) is 13.0 Å². The molecular formula is C14H16N3O3P. The van der Waals surface area contributed by atoms with E-state index in [9.17, 15) is 14.4 Å². The van der Waals surface area contributed by atoms with Crippen LogP contribution in [0.15, 0.2) is 42.1 Å². The molecule has 1 aliphatic rings. The van der Waals surface area contributed by atoms with Crippen LogP contribution >= 0.6 is 7.60 Å². The number of nitrogens with one attached hydrogen (secondary N) is 1. The minimum absolute atomic E-state index is 0.0160. The van der Waals surface area contributed by atoms with E-state index >= 15 is 0 Å². The van der Waals surface area contributed by atoms with E-state index in [0.29, 0.717) is 29.9 Å². The zero-order valence-corrected chi connectivity index (χ0v) is 12.4. The van der Waals surface area contributed by atoms with E-state index in [4.69, 9.17) is 5.53 Å². The number of rotatable bonds is 4. The molecule has 1 aromatic rings. The maximum Gasteiger partial charge on any atom is 0.358 e. The highest BCUT2D eigenvalue weighted by Crippen LogP contribution is 2.37. The van der Waals surface area contributed by atoms with E-state index in [0.717, 1.165) is 5.56 Å². The lowest BCUT2D eigenvalue weighted by atomic mass is 10.1. The van der Waals surface area contributed by atoms with E-state index in [2.05, 4.69) is 10.1 Å². The van der Waals surface area contributed by atoms with Gasteiger partial charge in [0.25, 0.3) is 5.71 Å². The van der Waals surface area contributed by atoms with Gasteiger partial charge >= 0.3 is 7.60 Å². The fourth-order valence-electron chi connectivity index (χ4n) is 2.00. The quantitative estimate of drug-likeness (QED) is 0.449. The lowest BCUT2D eigenvalue weighted by Crippen LogP contribution is -2.14. The Bertz CT molecular complexity index is 712. The maximum absolute atomic E-state index is 11.6. The molecule has 0 heterocycles. The lowest BCUT2D eigenvalue weighted by Gasteiger charge is -2.15. The third-order valence-corrected chi connectivity index (χ3v) is 4.18. The fourth-order valence-corrected chi connectivity index (χ4v) is 2.78. The zero-order chi connectivity index (χ0) is 15.5. The van der Waals surface area contributed by atoms with Gasteiger partial charge in [0.05, 0.1) is 17.4 Å². The highest BCUT2D eigenvalue weighted by Gasteiger charge is 2.22. The van der Waals surface area contributed by atoms with E-state index < -0.39 is 7.60 Å². The van der Waals surface area contributed by atoms with Crippen molar-refractivity contribution in [2.45, 2.75) is 19.8 Å². The van der Waals surface area contributed by atoms with Gasteiger partial charge < -0.3 is 20.6 Å². The summed E-state index contributed by atoms with van der Waals surface area (Å²) in [5, 5.41) is 2.98. The summed E-state index contributed by atoms with van der Waals surface area (Å²) in [6.07, 6.45) is 6.27. The van der Waals surface area contributed by atoms with Gasteiger partial charge in [-0.15, -0.1) is 0 Å². The molecule has 0 saturated heterocycles. The second-order valence-electron chi connectivity index (χ2n) is 4.66. The summed E-state index contributed by atoms with van der Waals surface area (Å²) >= 11 is 0. The standard InChI is InChI=1S/C14H16N3O3P/c1-2-10-3-8-13(14(9-10)21(18,19)20)16-11-4-6-12(17-15)7-5-11/h3-6,8-9,16H,2,7H2,1H3,(H2,18,19,20). The molecule has 0 aliphatic heterocycles. The molecule has 0 saturated carbocycles. The first kappa shape index (κ1) is 15.4. The predicted octanol–water partition coefficient (Wildman–Crippen LogP) is 1.98. The van der Waals surface area contributed by atoms with Crippen LogP contribution in [-0.4, -0.2) is 20.3 Å². The van der Waals surface area contributed by atoms with Crippen LogP contribution in [0, 0.1) is 0 Å². The second kappa shape index (κ2) is 6.20. The number of hydrogen-bond acceptors (Lipinski definition) is 2. The Labute approximate surface area is 122 Å². The summed E-state index contributed by atoms with van der Waals surface area (Å²) in [5.41, 5.74) is 11.1. The normalized spacial score (nSPS) is 14.6. The average Bonchev–Trinajstić information content (AvgIpc) is 2.47. The van der Waals surface area contributed by atoms with E-state index in [1.807, 2.05) is 13.0 Å². The van der Waals surface area contributed by atoms with Crippen molar-refractivity contribution in [1.29, 1.82) is 0 Å². The smallest absolute Gasteiger partial charge is 0.358 e. The van der Waals surface area contributed by atoms with E-state index in [-0.39, 0.29) is 5.30 Å². The molecule has 21 heavy (non-hydrogen) atoms. The number of hydrogen-bond donors (Lipinski definition) is 3. The van der Waals surface area contributed by atoms with Crippen LogP contribution in [0.1, 0.15) is 18.9 Å². The number of benzene rings is 1. The third-order valence-electron chi connectivity index (χ3n) is 3.18. The molecule has 3 N–H and O–H groups in total. The molecule has 0 bridgehead atoms. The second-order valence-corrected chi connectivity index (χ2v) is 6.23. The van der Waals surface area contributed by atoms with Crippen LogP contribution in [-0.2, 0) is 11.0 Å². The van der Waals surface area contributed by atoms with Gasteiger partial charge in [-0.3, -0.25) is 4.57 Å². The molecule has 0 atom stereocenters. The van der Waals surface area contributed by atoms with Crippen molar-refractivity contribution in [3.8, 4) is 0 Å². The summed E-state index contributed by atoms with van der Waals surface area (Å²) in [6, 6.07) is 5.02. The van der Waals surface area contributed by atoms with Gasteiger partial charge in [-0.05, 0) is 36.3 Å². The highest BCUT2D eigenvalue weighted by atomic mass is 31.2. The van der Waals surface area contributed by atoms with E-state index in [1.165, 1.54) is 6.07 Å². The molecule has 1 aliphatic carbocycles. The Morgan fingerprint density at radius 2 is 2.14 bits per heavy atom. The van der Waals surface area contributed by atoms with Crippen LogP contribution in [0.3, 0.4) is 0 Å². The lowest BCUT2D eigenvalue weighted by molar-refractivity contribution is -0.00540. The minimum atomic E-state index is -4.36. The summed E-state index contributed by atoms with van der Waals surface area (Å²) in [7, 11) is -4.36. The maximum atomic E-state index is 11.6. The summed E-state index contributed by atoms with van der Waals surface area (Å²) < 4.78 is 11.6. The van der Waals surface area contributed by atoms with Crippen molar-refractivity contribution in [3.05, 3.63) is 53.2 Å². The van der Waals surface area contributed by atoms with Gasteiger partial charge in [0.1, 0.15) is 0 Å². The van der Waals surface area contributed by atoms with Crippen molar-refractivity contribution in [2.75, 3.05) is 5.32 Å². The molecule has 6 nitrogen and oxygen atoms in total. The van der Waals surface area contributed by atoms with E-state index in [1.54, 1.807) is 24.3 Å². The van der Waals surface area contributed by atoms with Gasteiger partial charge in [0.2, 0.25) is 0 Å². The molecule has 0 spiro atoms. The van der Waals surface area contributed by atoms with Crippen LogP contribution in [0.25, 0.3) is 5.53 Å². The number of aryl methyl sites for hydroxylation is 1. The molecule has 2 rings (SSSR count). The molecule has 0 fully saturated rings. The predicted molar refractivity (Wildman–Crippen MR) is 81.6 cm³/mol. The van der Waals surface area contributed by atoms with Crippen molar-refractivity contribution in [3.63, 3.8) is 0 Å². The Kier molecular flexibility index (Phi) is 4.56. The van der Waals surface area contributed by atoms with Crippen molar-refractivity contribution >= 4 is 24.3 Å². The molecular weight excluding hydrogens is 289 g/mol. The van der Waals surface area contributed by atoms with Crippen LogP contribution < -0.4 is 10.6 Å². The molecule has 1 aromatic carbocycles. The zero-order valence-electron chi connectivity index (χ0n) is 11.5. The van der Waals surface area contributed by atoms with Crippen molar-refractivity contribution < 1.29 is 19.1 Å².